The van der Waals surface area contributed by atoms with Crippen molar-refractivity contribution < 1.29 is 0 Å². The van der Waals surface area contributed by atoms with E-state index < -0.39 is 0 Å². The summed E-state index contributed by atoms with van der Waals surface area (Å²) < 4.78 is 1.67. The largest absolute Gasteiger partial charge is 0.320 e. The Bertz CT molecular complexity index is 549. The Kier molecular flexibility index (Phi) is 4.17. The number of halogens is 2. The van der Waals surface area contributed by atoms with Crippen LogP contribution < -0.4 is 5.73 Å². The third-order valence-electron chi connectivity index (χ3n) is 3.02. The lowest BCUT2D eigenvalue weighted by Gasteiger charge is -2.17. The van der Waals surface area contributed by atoms with E-state index in [2.05, 4.69) is 48.8 Å². The highest BCUT2D eigenvalue weighted by Crippen LogP contribution is 2.37. The molecule has 1 atom stereocenters. The zero-order valence-corrected chi connectivity index (χ0v) is 13.7. The van der Waals surface area contributed by atoms with Gasteiger partial charge in [-0.2, -0.15) is 0 Å². The summed E-state index contributed by atoms with van der Waals surface area (Å²) in [5.41, 5.74) is 11.3. The quantitative estimate of drug-likeness (QED) is 0.802. The first kappa shape index (κ1) is 14.1. The van der Waals surface area contributed by atoms with E-state index in [1.54, 1.807) is 0 Å². The van der Waals surface area contributed by atoms with Crippen molar-refractivity contribution >= 4 is 38.9 Å². The molecule has 0 aliphatic heterocycles. The molecule has 96 valence electrons. The van der Waals surface area contributed by atoms with Crippen molar-refractivity contribution in [3.05, 3.63) is 54.1 Å². The van der Waals surface area contributed by atoms with E-state index in [0.29, 0.717) is 0 Å². The van der Waals surface area contributed by atoms with Crippen LogP contribution in [0, 0.1) is 20.8 Å². The topological polar surface area (TPSA) is 26.0 Å². The minimum atomic E-state index is -0.112. The molecule has 1 nitrogen and oxygen atoms in total. The molecule has 18 heavy (non-hydrogen) atoms. The molecule has 4 heteroatoms. The van der Waals surface area contributed by atoms with E-state index in [1.165, 1.54) is 33.6 Å². The minimum absolute atomic E-state index is 0.112. The van der Waals surface area contributed by atoms with Crippen LogP contribution in [0.3, 0.4) is 0 Å². The van der Waals surface area contributed by atoms with Gasteiger partial charge in [0.25, 0.3) is 0 Å². The number of hydrogen-bond donors (Lipinski definition) is 1. The van der Waals surface area contributed by atoms with Crippen molar-refractivity contribution in [2.45, 2.75) is 26.8 Å². The normalized spacial score (nSPS) is 12.8. The van der Waals surface area contributed by atoms with Crippen molar-refractivity contribution in [1.82, 2.24) is 0 Å². The van der Waals surface area contributed by atoms with Gasteiger partial charge >= 0.3 is 0 Å². The van der Waals surface area contributed by atoms with Gasteiger partial charge in [-0.1, -0.05) is 29.3 Å². The molecular weight excluding hydrogens is 330 g/mol. The van der Waals surface area contributed by atoms with Gasteiger partial charge in [-0.05, 0) is 59.5 Å². The summed E-state index contributed by atoms with van der Waals surface area (Å²) in [5, 5.41) is 0. The Morgan fingerprint density at radius 3 is 2.17 bits per heavy atom. The van der Waals surface area contributed by atoms with E-state index in [9.17, 15) is 0 Å². The average Bonchev–Trinajstić information content (AvgIpc) is 2.57. The van der Waals surface area contributed by atoms with Gasteiger partial charge in [0, 0.05) is 9.35 Å². The summed E-state index contributed by atoms with van der Waals surface area (Å²) in [7, 11) is 0. The summed E-state index contributed by atoms with van der Waals surface area (Å²) in [6.07, 6.45) is 0. The molecule has 0 amide bonds. The Hall–Kier alpha value is -0.350. The fraction of sp³-hybridized carbons (Fsp3) is 0.286. The van der Waals surface area contributed by atoms with Crippen LogP contribution in [0.25, 0.3) is 0 Å². The van der Waals surface area contributed by atoms with Crippen molar-refractivity contribution in [3.8, 4) is 0 Å². The Balaban J connectivity index is 2.49. The van der Waals surface area contributed by atoms with Crippen LogP contribution in [-0.4, -0.2) is 0 Å². The van der Waals surface area contributed by atoms with E-state index >= 15 is 0 Å². The second-order valence-corrected chi connectivity index (χ2v) is 7.10. The molecule has 1 aromatic carbocycles. The molecule has 1 aromatic heterocycles. The molecule has 2 aromatic rings. The monoisotopic (exact) mass is 343 g/mol. The lowest BCUT2D eigenvalue weighted by molar-refractivity contribution is 0.869. The smallest absolute Gasteiger partial charge is 0.107 e. The van der Waals surface area contributed by atoms with E-state index in [-0.39, 0.29) is 6.04 Å². The highest BCUT2D eigenvalue weighted by Gasteiger charge is 2.17. The average molecular weight is 345 g/mol. The summed E-state index contributed by atoms with van der Waals surface area (Å²) in [6.45, 7) is 6.33. The number of hydrogen-bond acceptors (Lipinski definition) is 2. The summed E-state index contributed by atoms with van der Waals surface area (Å²) >= 11 is 11.0. The molecule has 0 aliphatic carbocycles. The second kappa shape index (κ2) is 5.33. The van der Waals surface area contributed by atoms with Crippen LogP contribution in [0.4, 0.5) is 0 Å². The molecule has 0 saturated heterocycles. The van der Waals surface area contributed by atoms with Gasteiger partial charge in [-0.15, -0.1) is 11.3 Å². The first-order valence-corrected chi connectivity index (χ1v) is 7.67. The molecule has 0 radical (unpaired) electrons. The molecular formula is C14H15BrClNS. The van der Waals surface area contributed by atoms with Gasteiger partial charge in [0.2, 0.25) is 0 Å². The molecule has 0 fully saturated rings. The summed E-state index contributed by atoms with van der Waals surface area (Å²) in [4.78, 5) is 1.09. The van der Waals surface area contributed by atoms with Gasteiger partial charge in [0.05, 0.1) is 6.04 Å². The number of rotatable bonds is 2. The van der Waals surface area contributed by atoms with Crippen LogP contribution in [0.1, 0.15) is 33.2 Å². The van der Waals surface area contributed by atoms with E-state index in [4.69, 9.17) is 17.3 Å². The molecule has 1 heterocycles. The van der Waals surface area contributed by atoms with E-state index in [1.807, 2.05) is 6.07 Å². The SMILES string of the molecule is Cc1cc(C)c(C(N)c2cc(Br)c(Cl)s2)c(C)c1. The van der Waals surface area contributed by atoms with Crippen molar-refractivity contribution in [2.75, 3.05) is 0 Å². The molecule has 1 unspecified atom stereocenters. The van der Waals surface area contributed by atoms with Gasteiger partial charge < -0.3 is 5.73 Å². The molecule has 0 bridgehead atoms. The van der Waals surface area contributed by atoms with Crippen LogP contribution in [0.2, 0.25) is 4.34 Å². The highest BCUT2D eigenvalue weighted by molar-refractivity contribution is 9.10. The molecule has 0 saturated carbocycles. The Morgan fingerprint density at radius 2 is 1.72 bits per heavy atom. The first-order chi connectivity index (χ1) is 8.40. The number of benzene rings is 1. The van der Waals surface area contributed by atoms with Gasteiger partial charge in [0.1, 0.15) is 4.34 Å². The van der Waals surface area contributed by atoms with Gasteiger partial charge in [-0.25, -0.2) is 0 Å². The maximum atomic E-state index is 6.38. The lowest BCUT2D eigenvalue weighted by Crippen LogP contribution is -2.13. The Labute approximate surface area is 125 Å². The van der Waals surface area contributed by atoms with Crippen LogP contribution >= 0.6 is 38.9 Å². The molecule has 0 aliphatic rings. The van der Waals surface area contributed by atoms with Gasteiger partial charge in [0.15, 0.2) is 0 Å². The predicted octanol–water partition coefficient (Wildman–Crippen LogP) is 5.14. The summed E-state index contributed by atoms with van der Waals surface area (Å²) in [6, 6.07) is 6.24. The number of thiophene rings is 1. The second-order valence-electron chi connectivity index (χ2n) is 4.56. The van der Waals surface area contributed by atoms with Crippen LogP contribution in [0.15, 0.2) is 22.7 Å². The predicted molar refractivity (Wildman–Crippen MR) is 83.7 cm³/mol. The maximum absolute atomic E-state index is 6.38. The molecule has 2 rings (SSSR count). The van der Waals surface area contributed by atoms with Crippen molar-refractivity contribution in [3.63, 3.8) is 0 Å². The fourth-order valence-corrected chi connectivity index (χ4v) is 4.09. The van der Waals surface area contributed by atoms with E-state index in [0.717, 1.165) is 13.7 Å². The van der Waals surface area contributed by atoms with Crippen molar-refractivity contribution in [2.24, 2.45) is 5.73 Å². The number of nitrogens with two attached hydrogens (primary N) is 1. The maximum Gasteiger partial charge on any atom is 0.107 e. The number of aryl methyl sites for hydroxylation is 3. The zero-order valence-electron chi connectivity index (χ0n) is 10.6. The van der Waals surface area contributed by atoms with Gasteiger partial charge in [-0.3, -0.25) is 0 Å². The zero-order chi connectivity index (χ0) is 13.4. The fourth-order valence-electron chi connectivity index (χ4n) is 2.34. The Morgan fingerprint density at radius 1 is 1.17 bits per heavy atom. The lowest BCUT2D eigenvalue weighted by atomic mass is 9.94. The highest BCUT2D eigenvalue weighted by atomic mass is 79.9. The standard InChI is InChI=1S/C14H15BrClNS/c1-7-4-8(2)12(9(3)5-7)13(17)11-6-10(15)14(16)18-11/h4-6,13H,17H2,1-3H3. The first-order valence-electron chi connectivity index (χ1n) is 5.68. The third kappa shape index (κ3) is 2.64. The summed E-state index contributed by atoms with van der Waals surface area (Å²) in [5.74, 6) is 0. The minimum Gasteiger partial charge on any atom is -0.320 e. The van der Waals surface area contributed by atoms with Crippen molar-refractivity contribution in [1.29, 1.82) is 0 Å². The molecule has 0 spiro atoms. The van der Waals surface area contributed by atoms with Crippen LogP contribution in [0.5, 0.6) is 0 Å². The molecule has 2 N–H and O–H groups in total. The third-order valence-corrected chi connectivity index (χ3v) is 5.58. The van der Waals surface area contributed by atoms with Crippen LogP contribution in [-0.2, 0) is 0 Å².